The molecule has 0 unspecified atom stereocenters. The lowest BCUT2D eigenvalue weighted by atomic mass is 10.2. The first-order valence-corrected chi connectivity index (χ1v) is 6.40. The van der Waals surface area contributed by atoms with E-state index in [2.05, 4.69) is 5.32 Å². The quantitative estimate of drug-likeness (QED) is 0.434. The summed E-state index contributed by atoms with van der Waals surface area (Å²) in [4.78, 5) is 11.5. The maximum Gasteiger partial charge on any atom is 0.412 e. The van der Waals surface area contributed by atoms with Gasteiger partial charge in [0.2, 0.25) is 0 Å². The summed E-state index contributed by atoms with van der Waals surface area (Å²) in [6.07, 6.45) is -0.786. The number of anilines is 1. The van der Waals surface area contributed by atoms with Crippen molar-refractivity contribution in [2.75, 3.05) is 5.32 Å². The first-order valence-electron chi connectivity index (χ1n) is 4.95. The van der Waals surface area contributed by atoms with Crippen molar-refractivity contribution in [3.63, 3.8) is 0 Å². The van der Waals surface area contributed by atoms with Gasteiger partial charge in [0.15, 0.2) is 11.6 Å². The molecule has 18 heavy (non-hydrogen) atoms. The molecule has 0 aliphatic rings. The van der Waals surface area contributed by atoms with E-state index in [4.69, 9.17) is 16.3 Å². The predicted molar refractivity (Wildman–Crippen MR) is 73.9 cm³/mol. The Balaban J connectivity index is 2.96. The zero-order valence-corrected chi connectivity index (χ0v) is 12.8. The molecule has 1 rings (SSSR count). The Hall–Kier alpha value is -0.630. The molecule has 0 heterocycles. The van der Waals surface area contributed by atoms with Gasteiger partial charge in [-0.2, -0.15) is 0 Å². The lowest BCUT2D eigenvalue weighted by Crippen LogP contribution is -2.27. The lowest BCUT2D eigenvalue weighted by molar-refractivity contribution is 0.0636. The van der Waals surface area contributed by atoms with Crippen molar-refractivity contribution in [1.82, 2.24) is 0 Å². The maximum absolute atomic E-state index is 13.2. The molecule has 0 radical (unpaired) electrons. The molecule has 0 aliphatic heterocycles. The van der Waals surface area contributed by atoms with Crippen LogP contribution in [0.3, 0.4) is 0 Å². The second kappa shape index (κ2) is 5.56. The van der Waals surface area contributed by atoms with Crippen molar-refractivity contribution in [1.29, 1.82) is 0 Å². The van der Waals surface area contributed by atoms with E-state index in [1.807, 2.05) is 0 Å². The van der Waals surface area contributed by atoms with Crippen LogP contribution in [-0.2, 0) is 4.74 Å². The number of rotatable bonds is 1. The van der Waals surface area contributed by atoms with Gasteiger partial charge in [0, 0.05) is 6.07 Å². The predicted octanol–water partition coefficient (Wildman–Crippen LogP) is 4.57. The summed E-state index contributed by atoms with van der Waals surface area (Å²) in [5, 5.41) is 2.20. The van der Waals surface area contributed by atoms with E-state index in [1.54, 1.807) is 43.4 Å². The van der Waals surface area contributed by atoms with Gasteiger partial charge in [-0.3, -0.25) is 5.32 Å². The highest BCUT2D eigenvalue weighted by atomic mass is 127. The van der Waals surface area contributed by atoms with Crippen LogP contribution >= 0.6 is 34.2 Å². The first-order chi connectivity index (χ1) is 8.11. The number of ether oxygens (including phenoxy) is 1. The van der Waals surface area contributed by atoms with Crippen LogP contribution in [0, 0.1) is 15.2 Å². The van der Waals surface area contributed by atoms with E-state index in [0.29, 0.717) is 0 Å². The summed E-state index contributed by atoms with van der Waals surface area (Å²) >= 11 is 7.36. The summed E-state index contributed by atoms with van der Waals surface area (Å²) in [7, 11) is 0. The molecule has 0 atom stereocenters. The smallest absolute Gasteiger partial charge is 0.412 e. The molecule has 3 nitrogen and oxygen atoms in total. The standard InChI is InChI=1S/C11H11ClF2INO2/c1-11(2,3)18-10(17)16-6-4-5(13)8(14)9(15)7(6)12/h4H,1-3H3,(H,16,17). The largest absolute Gasteiger partial charge is 0.444 e. The number of benzene rings is 1. The van der Waals surface area contributed by atoms with Gasteiger partial charge in [-0.1, -0.05) is 11.6 Å². The molecule has 1 N–H and O–H groups in total. The van der Waals surface area contributed by atoms with Crippen LogP contribution in [0.15, 0.2) is 6.07 Å². The van der Waals surface area contributed by atoms with Crippen LogP contribution in [0.4, 0.5) is 19.3 Å². The van der Waals surface area contributed by atoms with Crippen LogP contribution in [0.2, 0.25) is 5.02 Å². The van der Waals surface area contributed by atoms with Crippen molar-refractivity contribution in [2.24, 2.45) is 0 Å². The normalized spacial score (nSPS) is 11.3. The second-order valence-corrected chi connectivity index (χ2v) is 5.93. The Labute approximate surface area is 122 Å². The molecular formula is C11H11ClF2INO2. The molecule has 1 amide bonds. The SMILES string of the molecule is CC(C)(C)OC(=O)Nc1cc(F)c(F)c(I)c1Cl. The third-order valence-electron chi connectivity index (χ3n) is 1.74. The molecule has 1 aromatic rings. The highest BCUT2D eigenvalue weighted by Crippen LogP contribution is 2.31. The number of nitrogens with one attached hydrogen (secondary N) is 1. The van der Waals surface area contributed by atoms with E-state index in [1.165, 1.54) is 0 Å². The molecule has 0 saturated heterocycles. The molecule has 0 fully saturated rings. The van der Waals surface area contributed by atoms with Gasteiger partial charge >= 0.3 is 6.09 Å². The second-order valence-electron chi connectivity index (χ2n) is 4.47. The van der Waals surface area contributed by atoms with Gasteiger partial charge in [-0.15, -0.1) is 0 Å². The number of carbonyl (C=O) groups is 1. The summed E-state index contributed by atoms with van der Waals surface area (Å²) < 4.78 is 31.2. The fourth-order valence-corrected chi connectivity index (χ4v) is 1.81. The maximum atomic E-state index is 13.2. The van der Waals surface area contributed by atoms with Gasteiger partial charge in [-0.05, 0) is 43.4 Å². The van der Waals surface area contributed by atoms with Gasteiger partial charge in [-0.25, -0.2) is 13.6 Å². The van der Waals surface area contributed by atoms with Crippen LogP contribution < -0.4 is 5.32 Å². The molecule has 0 spiro atoms. The van der Waals surface area contributed by atoms with Crippen LogP contribution in [0.5, 0.6) is 0 Å². The fourth-order valence-electron chi connectivity index (χ4n) is 1.08. The average Bonchev–Trinajstić information content (AvgIpc) is 2.20. The Morgan fingerprint density at radius 3 is 2.50 bits per heavy atom. The summed E-state index contributed by atoms with van der Waals surface area (Å²) in [6.45, 7) is 5.05. The summed E-state index contributed by atoms with van der Waals surface area (Å²) in [5.74, 6) is -2.13. The monoisotopic (exact) mass is 389 g/mol. The molecule has 0 aromatic heterocycles. The first kappa shape index (κ1) is 15.4. The van der Waals surface area contributed by atoms with Gasteiger partial charge in [0.05, 0.1) is 14.3 Å². The van der Waals surface area contributed by atoms with Gasteiger partial charge in [0.1, 0.15) is 5.60 Å². The van der Waals surface area contributed by atoms with Gasteiger partial charge < -0.3 is 4.74 Å². The minimum Gasteiger partial charge on any atom is -0.444 e. The summed E-state index contributed by atoms with van der Waals surface area (Å²) in [5.41, 5.74) is -0.725. The molecule has 0 saturated carbocycles. The Morgan fingerprint density at radius 2 is 2.00 bits per heavy atom. The number of amides is 1. The van der Waals surface area contributed by atoms with Crippen molar-refractivity contribution in [2.45, 2.75) is 26.4 Å². The number of halogens is 4. The van der Waals surface area contributed by atoms with Crippen molar-refractivity contribution in [3.05, 3.63) is 26.3 Å². The Kier molecular flexibility index (Phi) is 4.77. The minimum atomic E-state index is -1.09. The van der Waals surface area contributed by atoms with E-state index in [-0.39, 0.29) is 14.3 Å². The third-order valence-corrected chi connectivity index (χ3v) is 3.46. The third kappa shape index (κ3) is 3.94. The number of carbonyl (C=O) groups excluding carboxylic acids is 1. The summed E-state index contributed by atoms with van der Waals surface area (Å²) in [6, 6.07) is 0.809. The van der Waals surface area contributed by atoms with Crippen LogP contribution in [0.1, 0.15) is 20.8 Å². The Bertz CT molecular complexity index is 489. The zero-order valence-electron chi connectivity index (χ0n) is 9.91. The topological polar surface area (TPSA) is 38.3 Å². The highest BCUT2D eigenvalue weighted by molar-refractivity contribution is 14.1. The molecule has 0 aliphatic carbocycles. The molecule has 7 heteroatoms. The van der Waals surface area contributed by atoms with Crippen molar-refractivity contribution < 1.29 is 18.3 Å². The molecule has 0 bridgehead atoms. The van der Waals surface area contributed by atoms with E-state index >= 15 is 0 Å². The van der Waals surface area contributed by atoms with Gasteiger partial charge in [0.25, 0.3) is 0 Å². The number of hydrogen-bond donors (Lipinski definition) is 1. The molecule has 1 aromatic carbocycles. The van der Waals surface area contributed by atoms with Crippen LogP contribution in [0.25, 0.3) is 0 Å². The Morgan fingerprint density at radius 1 is 1.44 bits per heavy atom. The van der Waals surface area contributed by atoms with E-state index in [0.717, 1.165) is 6.07 Å². The molecular weight excluding hydrogens is 378 g/mol. The lowest BCUT2D eigenvalue weighted by Gasteiger charge is -2.20. The number of hydrogen-bond acceptors (Lipinski definition) is 2. The highest BCUT2D eigenvalue weighted by Gasteiger charge is 2.20. The zero-order chi connectivity index (χ0) is 14.1. The van der Waals surface area contributed by atoms with Crippen molar-refractivity contribution >= 4 is 46.0 Å². The molecule has 100 valence electrons. The fraction of sp³-hybridized carbons (Fsp3) is 0.364. The minimum absolute atomic E-state index is 0.0331. The van der Waals surface area contributed by atoms with Crippen LogP contribution in [-0.4, -0.2) is 11.7 Å². The van der Waals surface area contributed by atoms with Crippen molar-refractivity contribution in [3.8, 4) is 0 Å². The average molecular weight is 390 g/mol. The van der Waals surface area contributed by atoms with E-state index in [9.17, 15) is 13.6 Å². The van der Waals surface area contributed by atoms with E-state index < -0.39 is 23.3 Å².